The summed E-state index contributed by atoms with van der Waals surface area (Å²) in [6.45, 7) is 3.32. The van der Waals surface area contributed by atoms with Gasteiger partial charge in [-0.15, -0.1) is 0 Å². The molecule has 0 spiro atoms. The summed E-state index contributed by atoms with van der Waals surface area (Å²) < 4.78 is 2.47. The molecule has 32 heavy (non-hydrogen) atoms. The molecule has 2 amide bonds. The van der Waals surface area contributed by atoms with Crippen LogP contribution >= 0.6 is 11.8 Å². The monoisotopic (exact) mass is 532 g/mol. The summed E-state index contributed by atoms with van der Waals surface area (Å²) in [5.41, 5.74) is 6.91. The van der Waals surface area contributed by atoms with Crippen LogP contribution in [-0.2, 0) is 25.6 Å². The molecule has 0 aliphatic carbocycles. The predicted molar refractivity (Wildman–Crippen MR) is 126 cm³/mol. The van der Waals surface area contributed by atoms with Crippen LogP contribution in [0.3, 0.4) is 0 Å². The maximum absolute atomic E-state index is 12.6. The first-order valence-corrected chi connectivity index (χ1v) is 13.3. The van der Waals surface area contributed by atoms with E-state index < -0.39 is 51.1 Å². The van der Waals surface area contributed by atoms with E-state index in [1.165, 1.54) is 11.8 Å². The van der Waals surface area contributed by atoms with E-state index in [0.29, 0.717) is 18.6 Å². The second-order valence-corrected chi connectivity index (χ2v) is 10.4. The number of carboxylic acid groups (broad SMARTS) is 1. The van der Waals surface area contributed by atoms with Crippen molar-refractivity contribution in [1.82, 2.24) is 15.0 Å². The Kier molecular flexibility index (Phi) is 13.2. The van der Waals surface area contributed by atoms with Gasteiger partial charge >= 0.3 is 194 Å². The Morgan fingerprint density at radius 1 is 1.12 bits per heavy atom. The summed E-state index contributed by atoms with van der Waals surface area (Å²) in [5.74, 6) is -1.50. The van der Waals surface area contributed by atoms with E-state index in [1.54, 1.807) is 13.8 Å². The molecule has 0 fully saturated rings. The molecule has 9 nitrogen and oxygen atoms in total. The van der Waals surface area contributed by atoms with E-state index >= 15 is 0 Å². The predicted octanol–water partition coefficient (Wildman–Crippen LogP) is -0.245. The molecule has 0 heterocycles. The van der Waals surface area contributed by atoms with Crippen LogP contribution < -0.4 is 20.7 Å². The standard InChI is InChI=1S/C21H32N4O5SSe/c1-13(2)18(24-19(27)15(22)11-14-7-5-4-6-8-14)20(28)23-12-17(26)32-25-16(21(29)30)9-10-31-3/h4-8,13,15-16,18,25H,9-12,22H2,1-3H3,(H,23,28)(H,24,27)(H,29,30)/t15-,16-,18-/m0/s1. The average Bonchev–Trinajstić information content (AvgIpc) is 2.75. The van der Waals surface area contributed by atoms with E-state index in [1.807, 2.05) is 36.6 Å². The molecule has 178 valence electrons. The SMILES string of the molecule is CSCC[C@H](N[Se]C(=O)CNC(=O)[C@@H](NC(=O)[C@@H](N)Cc1ccccc1)C(C)C)C(=O)O. The minimum atomic E-state index is -1.01. The Bertz CT molecular complexity index is 766. The van der Waals surface area contributed by atoms with Crippen LogP contribution in [0.4, 0.5) is 0 Å². The van der Waals surface area contributed by atoms with Crippen molar-refractivity contribution in [3.05, 3.63) is 35.9 Å². The molecule has 6 N–H and O–H groups in total. The van der Waals surface area contributed by atoms with Crippen LogP contribution in [0.15, 0.2) is 30.3 Å². The summed E-state index contributed by atoms with van der Waals surface area (Å²) in [7, 11) is 0. The van der Waals surface area contributed by atoms with Crippen molar-refractivity contribution >= 4 is 49.4 Å². The van der Waals surface area contributed by atoms with Gasteiger partial charge in [-0.1, -0.05) is 6.07 Å². The van der Waals surface area contributed by atoms with Gasteiger partial charge in [0.05, 0.1) is 0 Å². The number of benzene rings is 1. The molecule has 1 rings (SSSR count). The zero-order chi connectivity index (χ0) is 24.1. The quantitative estimate of drug-likeness (QED) is 0.195. The molecule has 0 aromatic heterocycles. The molecule has 1 aromatic carbocycles. The van der Waals surface area contributed by atoms with Crippen molar-refractivity contribution in [2.45, 2.75) is 44.8 Å². The number of hydrogen-bond acceptors (Lipinski definition) is 7. The molecule has 0 saturated heterocycles. The first kappa shape index (κ1) is 28.1. The summed E-state index contributed by atoms with van der Waals surface area (Å²) in [5, 5.41) is 14.4. The fourth-order valence-electron chi connectivity index (χ4n) is 2.67. The Balaban J connectivity index is 2.53. The number of hydrogen-bond donors (Lipinski definition) is 5. The molecule has 1 aromatic rings. The molecule has 0 bridgehead atoms. The van der Waals surface area contributed by atoms with E-state index in [0.717, 1.165) is 5.56 Å². The van der Waals surface area contributed by atoms with Gasteiger partial charge < -0.3 is 0 Å². The maximum atomic E-state index is 12.6. The van der Waals surface area contributed by atoms with Crippen molar-refractivity contribution in [2.75, 3.05) is 18.6 Å². The number of carbonyl (C=O) groups excluding carboxylic acids is 3. The number of rotatable bonds is 15. The third-order valence-electron chi connectivity index (χ3n) is 4.51. The van der Waals surface area contributed by atoms with E-state index in [2.05, 4.69) is 15.0 Å². The molecule has 0 saturated carbocycles. The van der Waals surface area contributed by atoms with Gasteiger partial charge in [0.25, 0.3) is 0 Å². The van der Waals surface area contributed by atoms with Gasteiger partial charge in [0.1, 0.15) is 0 Å². The number of carboxylic acids is 1. The van der Waals surface area contributed by atoms with Crippen LogP contribution in [0.2, 0.25) is 0 Å². The van der Waals surface area contributed by atoms with Crippen molar-refractivity contribution in [1.29, 1.82) is 0 Å². The van der Waals surface area contributed by atoms with Crippen molar-refractivity contribution in [2.24, 2.45) is 11.7 Å². The van der Waals surface area contributed by atoms with Crippen LogP contribution in [0.25, 0.3) is 0 Å². The fraction of sp³-hybridized carbons (Fsp3) is 0.524. The molecule has 3 atom stereocenters. The van der Waals surface area contributed by atoms with Crippen molar-refractivity contribution < 1.29 is 24.3 Å². The summed E-state index contributed by atoms with van der Waals surface area (Å²) in [6.07, 6.45) is 2.62. The molecule has 11 heteroatoms. The second-order valence-electron chi connectivity index (χ2n) is 7.51. The second kappa shape index (κ2) is 15.0. The number of nitrogens with two attached hydrogens (primary N) is 1. The first-order valence-electron chi connectivity index (χ1n) is 10.2. The van der Waals surface area contributed by atoms with Gasteiger partial charge in [-0.25, -0.2) is 0 Å². The van der Waals surface area contributed by atoms with E-state index in [4.69, 9.17) is 5.73 Å². The van der Waals surface area contributed by atoms with Crippen LogP contribution in [0.1, 0.15) is 25.8 Å². The zero-order valence-corrected chi connectivity index (χ0v) is 21.0. The Morgan fingerprint density at radius 2 is 1.78 bits per heavy atom. The fourth-order valence-corrected chi connectivity index (χ4v) is 4.47. The number of amides is 2. The molecule has 0 radical (unpaired) electrons. The number of nitrogens with one attached hydrogen (secondary N) is 3. The zero-order valence-electron chi connectivity index (χ0n) is 18.5. The average molecular weight is 532 g/mol. The molecule has 0 aliphatic rings. The number of thioether (sulfide) groups is 1. The van der Waals surface area contributed by atoms with Gasteiger partial charge in [0, 0.05) is 0 Å². The minimum absolute atomic E-state index is 0.218. The first-order chi connectivity index (χ1) is 15.1. The van der Waals surface area contributed by atoms with Crippen LogP contribution in [-0.4, -0.2) is 79.4 Å². The van der Waals surface area contributed by atoms with Gasteiger partial charge in [0.2, 0.25) is 0 Å². The summed E-state index contributed by atoms with van der Waals surface area (Å²) in [4.78, 5) is 48.4. The van der Waals surface area contributed by atoms with Gasteiger partial charge in [-0.3, -0.25) is 0 Å². The van der Waals surface area contributed by atoms with Gasteiger partial charge in [0.15, 0.2) is 0 Å². The Hall–Kier alpha value is -1.91. The van der Waals surface area contributed by atoms with Gasteiger partial charge in [-0.05, 0) is 0 Å². The Morgan fingerprint density at radius 3 is 2.34 bits per heavy atom. The Labute approximate surface area is 199 Å². The molecular weight excluding hydrogens is 499 g/mol. The molecular formula is C21H32N4O5SSe. The normalized spacial score (nSPS) is 13.8. The topological polar surface area (TPSA) is 151 Å². The van der Waals surface area contributed by atoms with Crippen LogP contribution in [0, 0.1) is 5.92 Å². The van der Waals surface area contributed by atoms with Crippen molar-refractivity contribution in [3.63, 3.8) is 0 Å². The third-order valence-corrected chi connectivity index (χ3v) is 6.78. The molecule has 0 unspecified atom stereocenters. The van der Waals surface area contributed by atoms with E-state index in [9.17, 15) is 24.3 Å². The van der Waals surface area contributed by atoms with Gasteiger partial charge in [-0.2, -0.15) is 0 Å². The van der Waals surface area contributed by atoms with Crippen molar-refractivity contribution in [3.8, 4) is 0 Å². The number of aliphatic carboxylic acids is 1. The molecule has 0 aliphatic heterocycles. The number of carbonyl (C=O) groups is 4. The third kappa shape index (κ3) is 10.6. The van der Waals surface area contributed by atoms with Crippen LogP contribution in [0.5, 0.6) is 0 Å². The summed E-state index contributed by atoms with van der Waals surface area (Å²) >= 11 is 0.739. The summed E-state index contributed by atoms with van der Waals surface area (Å²) in [6, 6.07) is 6.89. The van der Waals surface area contributed by atoms with E-state index in [-0.39, 0.29) is 17.1 Å².